The van der Waals surface area contributed by atoms with Crippen LogP contribution >= 0.6 is 11.3 Å². The van der Waals surface area contributed by atoms with Gasteiger partial charge in [-0.15, -0.1) is 29.6 Å². The third-order valence-corrected chi connectivity index (χ3v) is 5.57. The molecule has 0 spiro atoms. The zero-order valence-corrected chi connectivity index (χ0v) is 19.5. The van der Waals surface area contributed by atoms with Gasteiger partial charge in [-0.3, -0.25) is 4.68 Å². The van der Waals surface area contributed by atoms with Crippen LogP contribution in [0.15, 0.2) is 60.2 Å². The fourth-order valence-electron chi connectivity index (χ4n) is 3.00. The predicted molar refractivity (Wildman–Crippen MR) is 125 cm³/mol. The van der Waals surface area contributed by atoms with Gasteiger partial charge in [-0.1, -0.05) is 29.5 Å². The molecule has 0 unspecified atom stereocenters. The van der Waals surface area contributed by atoms with E-state index in [9.17, 15) is 17.6 Å². The molecular weight excluding hydrogens is 500 g/mol. The number of hydrogen-bond acceptors (Lipinski definition) is 7. The molecule has 2 aromatic heterocycles. The number of benzene rings is 2. The molecule has 36 heavy (non-hydrogen) atoms. The van der Waals surface area contributed by atoms with Crippen molar-refractivity contribution < 1.29 is 31.8 Å². The average molecular weight is 521 g/mol. The first-order valence-corrected chi connectivity index (χ1v) is 11.5. The Morgan fingerprint density at radius 2 is 1.81 bits per heavy atom. The minimum Gasteiger partial charge on any atom is -0.487 e. The van der Waals surface area contributed by atoms with Gasteiger partial charge >= 0.3 is 6.36 Å². The molecule has 0 bridgehead atoms. The Hall–Kier alpha value is -3.77. The molecule has 0 radical (unpaired) electrons. The molecule has 7 nitrogen and oxygen atoms in total. The lowest BCUT2D eigenvalue weighted by atomic mass is 10.2. The van der Waals surface area contributed by atoms with Crippen LogP contribution in [-0.2, 0) is 24.5 Å². The van der Waals surface area contributed by atoms with Crippen molar-refractivity contribution in [3.8, 4) is 11.5 Å². The summed E-state index contributed by atoms with van der Waals surface area (Å²) >= 11 is 1.38. The molecule has 0 fully saturated rings. The Bertz CT molecular complexity index is 1280. The van der Waals surface area contributed by atoms with Gasteiger partial charge in [0.25, 0.3) is 0 Å². The minimum atomic E-state index is -4.72. The van der Waals surface area contributed by atoms with Crippen molar-refractivity contribution in [3.05, 3.63) is 87.9 Å². The molecule has 2 aromatic carbocycles. The highest BCUT2D eigenvalue weighted by Gasteiger charge is 2.30. The lowest BCUT2D eigenvalue weighted by molar-refractivity contribution is -0.274. The standard InChI is InChI=1S/C24H20F4N4O3S/c25-22-13-21(7-4-18(22)14-33-12-11-32-10-9-29-31-32)34-15-19-16-36-23(30-19)8-3-17-1-5-20(6-2-17)35-24(26,27)28/h1-10,13,16H,11-12,14-15H2. The number of ether oxygens (including phenoxy) is 3. The van der Waals surface area contributed by atoms with E-state index < -0.39 is 12.2 Å². The number of thiazole rings is 1. The second kappa shape index (κ2) is 11.8. The van der Waals surface area contributed by atoms with E-state index in [1.165, 1.54) is 41.7 Å². The molecule has 0 amide bonds. The summed E-state index contributed by atoms with van der Waals surface area (Å²) in [6.07, 6.45) is 2.04. The Balaban J connectivity index is 1.23. The van der Waals surface area contributed by atoms with Gasteiger partial charge < -0.3 is 14.2 Å². The molecule has 0 saturated heterocycles. The van der Waals surface area contributed by atoms with Crippen LogP contribution in [0.2, 0.25) is 0 Å². The second-order valence-electron chi connectivity index (χ2n) is 7.39. The minimum absolute atomic E-state index is 0.126. The summed E-state index contributed by atoms with van der Waals surface area (Å²) in [4.78, 5) is 4.43. The quantitative estimate of drug-likeness (QED) is 0.186. The Labute approximate surface area is 207 Å². The molecule has 0 saturated carbocycles. The van der Waals surface area contributed by atoms with Gasteiger partial charge in [0.2, 0.25) is 0 Å². The lowest BCUT2D eigenvalue weighted by Crippen LogP contribution is -2.16. The predicted octanol–water partition coefficient (Wildman–Crippen LogP) is 5.74. The molecule has 0 aliphatic rings. The molecule has 0 aliphatic carbocycles. The molecule has 4 rings (SSSR count). The Morgan fingerprint density at radius 3 is 2.53 bits per heavy atom. The zero-order valence-electron chi connectivity index (χ0n) is 18.7. The highest BCUT2D eigenvalue weighted by molar-refractivity contribution is 7.10. The van der Waals surface area contributed by atoms with Crippen molar-refractivity contribution in [2.24, 2.45) is 0 Å². The van der Waals surface area contributed by atoms with Gasteiger partial charge in [0, 0.05) is 23.2 Å². The van der Waals surface area contributed by atoms with Crippen molar-refractivity contribution in [1.29, 1.82) is 0 Å². The summed E-state index contributed by atoms with van der Waals surface area (Å²) < 4.78 is 67.7. The van der Waals surface area contributed by atoms with Crippen LogP contribution in [0, 0.1) is 5.82 Å². The second-order valence-corrected chi connectivity index (χ2v) is 8.28. The highest BCUT2D eigenvalue weighted by atomic mass is 32.1. The maximum Gasteiger partial charge on any atom is 0.573 e. The molecule has 12 heteroatoms. The van der Waals surface area contributed by atoms with E-state index in [1.807, 2.05) is 5.38 Å². The Morgan fingerprint density at radius 1 is 1.00 bits per heavy atom. The van der Waals surface area contributed by atoms with Crippen LogP contribution in [0.3, 0.4) is 0 Å². The van der Waals surface area contributed by atoms with E-state index in [0.29, 0.717) is 40.7 Å². The molecule has 2 heterocycles. The van der Waals surface area contributed by atoms with E-state index in [-0.39, 0.29) is 19.0 Å². The summed E-state index contributed by atoms with van der Waals surface area (Å²) in [5.41, 5.74) is 1.77. The molecule has 0 aliphatic heterocycles. The van der Waals surface area contributed by atoms with Gasteiger partial charge in [-0.25, -0.2) is 9.37 Å². The SMILES string of the molecule is Fc1cc(OCc2csc(C=Cc3ccc(OC(F)(F)F)cc3)n2)ccc1COCCn1ccnn1. The van der Waals surface area contributed by atoms with E-state index in [4.69, 9.17) is 9.47 Å². The van der Waals surface area contributed by atoms with Gasteiger partial charge in [0.05, 0.1) is 31.6 Å². The topological polar surface area (TPSA) is 71.3 Å². The number of nitrogens with zero attached hydrogens (tertiary/aromatic N) is 4. The first kappa shape index (κ1) is 25.3. The van der Waals surface area contributed by atoms with Crippen molar-refractivity contribution in [2.75, 3.05) is 6.61 Å². The van der Waals surface area contributed by atoms with E-state index in [2.05, 4.69) is 20.0 Å². The van der Waals surface area contributed by atoms with Gasteiger partial charge in [-0.05, 0) is 29.8 Å². The van der Waals surface area contributed by atoms with Crippen LogP contribution in [0.5, 0.6) is 11.5 Å². The third-order valence-electron chi connectivity index (χ3n) is 4.71. The number of aromatic nitrogens is 4. The molecule has 188 valence electrons. The van der Waals surface area contributed by atoms with E-state index >= 15 is 0 Å². The molecular formula is C24H20F4N4O3S. The van der Waals surface area contributed by atoms with Gasteiger partial charge in [0.1, 0.15) is 28.9 Å². The maximum absolute atomic E-state index is 14.4. The highest BCUT2D eigenvalue weighted by Crippen LogP contribution is 2.24. The van der Waals surface area contributed by atoms with Gasteiger partial charge in [0.15, 0.2) is 0 Å². The Kier molecular flexibility index (Phi) is 8.28. The molecule has 0 atom stereocenters. The van der Waals surface area contributed by atoms with E-state index in [0.717, 1.165) is 0 Å². The van der Waals surface area contributed by atoms with Crippen LogP contribution in [-0.4, -0.2) is 32.9 Å². The number of rotatable bonds is 11. The van der Waals surface area contributed by atoms with Crippen molar-refractivity contribution in [1.82, 2.24) is 20.0 Å². The molecule has 4 aromatic rings. The van der Waals surface area contributed by atoms with Gasteiger partial charge in [-0.2, -0.15) is 0 Å². The summed E-state index contributed by atoms with van der Waals surface area (Å²) in [7, 11) is 0. The first-order chi connectivity index (χ1) is 17.3. The fraction of sp³-hybridized carbons (Fsp3) is 0.208. The summed E-state index contributed by atoms with van der Waals surface area (Å²) in [5.74, 6) is -0.347. The lowest BCUT2D eigenvalue weighted by Gasteiger charge is -2.08. The largest absolute Gasteiger partial charge is 0.573 e. The average Bonchev–Trinajstić information content (AvgIpc) is 3.52. The number of alkyl halides is 3. The first-order valence-electron chi connectivity index (χ1n) is 10.7. The van der Waals surface area contributed by atoms with Crippen LogP contribution in [0.4, 0.5) is 17.6 Å². The normalized spacial score (nSPS) is 11.8. The van der Waals surface area contributed by atoms with Crippen molar-refractivity contribution in [3.63, 3.8) is 0 Å². The molecule has 0 N–H and O–H groups in total. The summed E-state index contributed by atoms with van der Waals surface area (Å²) in [6, 6.07) is 10.1. The maximum atomic E-state index is 14.4. The van der Waals surface area contributed by atoms with Crippen LogP contribution in [0.25, 0.3) is 12.2 Å². The van der Waals surface area contributed by atoms with Crippen molar-refractivity contribution >= 4 is 23.5 Å². The zero-order chi connectivity index (χ0) is 25.4. The van der Waals surface area contributed by atoms with Crippen LogP contribution < -0.4 is 9.47 Å². The van der Waals surface area contributed by atoms with Crippen LogP contribution in [0.1, 0.15) is 21.8 Å². The third kappa shape index (κ3) is 7.89. The fourth-order valence-corrected chi connectivity index (χ4v) is 3.69. The smallest absolute Gasteiger partial charge is 0.487 e. The monoisotopic (exact) mass is 520 g/mol. The number of halogens is 4. The van der Waals surface area contributed by atoms with E-state index in [1.54, 1.807) is 41.4 Å². The summed E-state index contributed by atoms with van der Waals surface area (Å²) in [5, 5.41) is 10.0. The van der Waals surface area contributed by atoms with Crippen molar-refractivity contribution in [2.45, 2.75) is 26.1 Å². The number of hydrogen-bond donors (Lipinski definition) is 0. The summed E-state index contributed by atoms with van der Waals surface area (Å²) in [6.45, 7) is 1.18.